The van der Waals surface area contributed by atoms with Crippen LogP contribution in [0.1, 0.15) is 26.7 Å². The van der Waals surface area contributed by atoms with E-state index in [2.05, 4.69) is 10.6 Å². The topological polar surface area (TPSA) is 61.4 Å². The zero-order valence-electron chi connectivity index (χ0n) is 8.68. The van der Waals surface area contributed by atoms with Gasteiger partial charge in [-0.2, -0.15) is 0 Å². The maximum Gasteiger partial charge on any atom is 0.220 e. The highest BCUT2D eigenvalue weighted by Crippen LogP contribution is 2.00. The molecule has 0 spiro atoms. The van der Waals surface area contributed by atoms with E-state index in [4.69, 9.17) is 5.11 Å². The van der Waals surface area contributed by atoms with E-state index in [-0.39, 0.29) is 12.5 Å². The molecule has 0 radical (unpaired) electrons. The minimum absolute atomic E-state index is 0.00528. The molecule has 0 unspecified atom stereocenters. The predicted octanol–water partition coefficient (Wildman–Crippen LogP) is -0.127. The molecule has 0 bridgehead atoms. The van der Waals surface area contributed by atoms with Gasteiger partial charge >= 0.3 is 0 Å². The van der Waals surface area contributed by atoms with E-state index >= 15 is 0 Å². The summed E-state index contributed by atoms with van der Waals surface area (Å²) in [6.45, 7) is 4.39. The second-order valence-corrected chi connectivity index (χ2v) is 3.80. The fraction of sp³-hybridized carbons (Fsp3) is 0.889. The van der Waals surface area contributed by atoms with Gasteiger partial charge in [0.05, 0.1) is 12.1 Å². The molecule has 0 aliphatic carbocycles. The Balaban J connectivity index is 3.62. The number of nitrogens with one attached hydrogen (secondary N) is 2. The molecule has 13 heavy (non-hydrogen) atoms. The number of amides is 1. The Morgan fingerprint density at radius 2 is 2.08 bits per heavy atom. The fourth-order valence-electron chi connectivity index (χ4n) is 0.905. The van der Waals surface area contributed by atoms with Crippen LogP contribution in [0.4, 0.5) is 0 Å². The first kappa shape index (κ1) is 12.4. The molecule has 0 aromatic heterocycles. The highest BCUT2D eigenvalue weighted by Gasteiger charge is 2.18. The Bertz CT molecular complexity index is 158. The molecule has 3 N–H and O–H groups in total. The normalized spacial score (nSPS) is 11.4. The van der Waals surface area contributed by atoms with E-state index in [9.17, 15) is 4.79 Å². The molecular formula is C9H20N2O2. The van der Waals surface area contributed by atoms with E-state index in [1.807, 2.05) is 7.05 Å². The third kappa shape index (κ3) is 6.54. The molecule has 0 aromatic carbocycles. The van der Waals surface area contributed by atoms with Crippen molar-refractivity contribution < 1.29 is 9.90 Å². The Hall–Kier alpha value is -0.610. The molecule has 0 atom stereocenters. The number of rotatable bonds is 6. The quantitative estimate of drug-likeness (QED) is 0.509. The average molecular weight is 188 g/mol. The van der Waals surface area contributed by atoms with Gasteiger partial charge < -0.3 is 15.7 Å². The number of carbonyl (C=O) groups is 1. The van der Waals surface area contributed by atoms with Gasteiger partial charge in [0.15, 0.2) is 0 Å². The van der Waals surface area contributed by atoms with Crippen LogP contribution in [0.2, 0.25) is 0 Å². The summed E-state index contributed by atoms with van der Waals surface area (Å²) in [6, 6.07) is 0. The Morgan fingerprint density at radius 1 is 1.46 bits per heavy atom. The largest absolute Gasteiger partial charge is 0.394 e. The predicted molar refractivity (Wildman–Crippen MR) is 52.5 cm³/mol. The molecule has 78 valence electrons. The lowest BCUT2D eigenvalue weighted by molar-refractivity contribution is -0.123. The third-order valence-electron chi connectivity index (χ3n) is 1.70. The van der Waals surface area contributed by atoms with Crippen molar-refractivity contribution in [3.8, 4) is 0 Å². The zero-order chi connectivity index (χ0) is 10.3. The van der Waals surface area contributed by atoms with E-state index in [1.54, 1.807) is 13.8 Å². The summed E-state index contributed by atoms with van der Waals surface area (Å²) in [6.07, 6.45) is 1.33. The van der Waals surface area contributed by atoms with Gasteiger partial charge in [-0.15, -0.1) is 0 Å². The van der Waals surface area contributed by atoms with Gasteiger partial charge in [0.2, 0.25) is 5.91 Å². The molecule has 4 heteroatoms. The molecule has 0 aliphatic heterocycles. The van der Waals surface area contributed by atoms with Crippen LogP contribution in [0.5, 0.6) is 0 Å². The summed E-state index contributed by atoms with van der Waals surface area (Å²) in [5, 5.41) is 14.6. The lowest BCUT2D eigenvalue weighted by Crippen LogP contribution is -2.46. The average Bonchev–Trinajstić information content (AvgIpc) is 2.04. The van der Waals surface area contributed by atoms with Crippen LogP contribution in [-0.2, 0) is 4.79 Å². The molecule has 0 saturated carbocycles. The highest BCUT2D eigenvalue weighted by atomic mass is 16.3. The molecule has 0 aliphatic rings. The minimum atomic E-state index is -0.503. The maximum absolute atomic E-state index is 11.2. The number of aliphatic hydroxyl groups excluding tert-OH is 1. The molecule has 0 aromatic rings. The molecule has 0 fully saturated rings. The van der Waals surface area contributed by atoms with Crippen molar-refractivity contribution in [3.63, 3.8) is 0 Å². The third-order valence-corrected chi connectivity index (χ3v) is 1.70. The Labute approximate surface area is 79.7 Å². The van der Waals surface area contributed by atoms with Gasteiger partial charge in [-0.05, 0) is 33.9 Å². The number of carbonyl (C=O) groups excluding carboxylic acids is 1. The van der Waals surface area contributed by atoms with Gasteiger partial charge in [0, 0.05) is 6.42 Å². The van der Waals surface area contributed by atoms with Crippen molar-refractivity contribution in [2.24, 2.45) is 0 Å². The minimum Gasteiger partial charge on any atom is -0.394 e. The maximum atomic E-state index is 11.2. The van der Waals surface area contributed by atoms with Gasteiger partial charge in [-0.3, -0.25) is 4.79 Å². The van der Waals surface area contributed by atoms with Crippen LogP contribution in [0.15, 0.2) is 0 Å². The molecule has 0 rings (SSSR count). The number of hydrogen-bond donors (Lipinski definition) is 3. The molecule has 0 saturated heterocycles. The van der Waals surface area contributed by atoms with Gasteiger partial charge in [-0.1, -0.05) is 0 Å². The summed E-state index contributed by atoms with van der Waals surface area (Å²) in [5.41, 5.74) is -0.503. The smallest absolute Gasteiger partial charge is 0.220 e. The van der Waals surface area contributed by atoms with E-state index in [1.165, 1.54) is 0 Å². The van der Waals surface area contributed by atoms with Crippen molar-refractivity contribution in [1.29, 1.82) is 0 Å². The molecule has 1 amide bonds. The SMILES string of the molecule is CNCCCC(=O)NC(C)(C)CO. The summed E-state index contributed by atoms with van der Waals surface area (Å²) >= 11 is 0. The van der Waals surface area contributed by atoms with E-state index < -0.39 is 5.54 Å². The van der Waals surface area contributed by atoms with Crippen molar-refractivity contribution in [3.05, 3.63) is 0 Å². The van der Waals surface area contributed by atoms with Crippen LogP contribution in [0, 0.1) is 0 Å². The number of aliphatic hydroxyl groups is 1. The first-order chi connectivity index (χ1) is 6.02. The summed E-state index contributed by atoms with van der Waals surface area (Å²) < 4.78 is 0. The molecule has 4 nitrogen and oxygen atoms in total. The van der Waals surface area contributed by atoms with Gasteiger partial charge in [0.25, 0.3) is 0 Å². The summed E-state index contributed by atoms with van der Waals surface area (Å²) in [5.74, 6) is -0.00528. The van der Waals surface area contributed by atoms with Crippen molar-refractivity contribution >= 4 is 5.91 Å². The van der Waals surface area contributed by atoms with Crippen LogP contribution in [0.3, 0.4) is 0 Å². The van der Waals surface area contributed by atoms with Gasteiger partial charge in [-0.25, -0.2) is 0 Å². The van der Waals surface area contributed by atoms with Crippen molar-refractivity contribution in [1.82, 2.24) is 10.6 Å². The second-order valence-electron chi connectivity index (χ2n) is 3.80. The van der Waals surface area contributed by atoms with Crippen molar-refractivity contribution in [2.75, 3.05) is 20.2 Å². The zero-order valence-corrected chi connectivity index (χ0v) is 8.68. The Morgan fingerprint density at radius 3 is 2.54 bits per heavy atom. The van der Waals surface area contributed by atoms with E-state index in [0.717, 1.165) is 13.0 Å². The lowest BCUT2D eigenvalue weighted by atomic mass is 10.1. The van der Waals surface area contributed by atoms with Gasteiger partial charge in [0.1, 0.15) is 0 Å². The second kappa shape index (κ2) is 5.94. The van der Waals surface area contributed by atoms with Crippen LogP contribution >= 0.6 is 0 Å². The first-order valence-electron chi connectivity index (χ1n) is 4.58. The molecular weight excluding hydrogens is 168 g/mol. The van der Waals surface area contributed by atoms with Crippen LogP contribution in [0.25, 0.3) is 0 Å². The van der Waals surface area contributed by atoms with Crippen LogP contribution < -0.4 is 10.6 Å². The Kier molecular flexibility index (Phi) is 5.66. The summed E-state index contributed by atoms with van der Waals surface area (Å²) in [4.78, 5) is 11.2. The standard InChI is InChI=1S/C9H20N2O2/c1-9(2,7-12)11-8(13)5-4-6-10-3/h10,12H,4-7H2,1-3H3,(H,11,13). The first-order valence-corrected chi connectivity index (χ1v) is 4.58. The molecule has 0 heterocycles. The lowest BCUT2D eigenvalue weighted by Gasteiger charge is -2.23. The number of hydrogen-bond acceptors (Lipinski definition) is 3. The highest BCUT2D eigenvalue weighted by molar-refractivity contribution is 5.76. The van der Waals surface area contributed by atoms with Crippen LogP contribution in [-0.4, -0.2) is 36.8 Å². The monoisotopic (exact) mass is 188 g/mol. The van der Waals surface area contributed by atoms with Crippen molar-refractivity contribution in [2.45, 2.75) is 32.2 Å². The van der Waals surface area contributed by atoms with E-state index in [0.29, 0.717) is 6.42 Å². The fourth-order valence-corrected chi connectivity index (χ4v) is 0.905. The summed E-state index contributed by atoms with van der Waals surface area (Å²) in [7, 11) is 1.86.